The zero-order valence-electron chi connectivity index (χ0n) is 19.4. The standard InChI is InChI=1S/C27H28N4O3S/c32-24(23-12-7-17-35-23)30-15-13-29(14-16-30)20-31-25(33)27(28-26(31)34,18-21-8-3-1-4-9-21)19-22-10-5-2-6-11-22/h1-12,17H,13-16,18-20H2,(H,28,34). The van der Waals surface area contributed by atoms with Crippen molar-refractivity contribution in [2.45, 2.75) is 18.4 Å². The Kier molecular flexibility index (Phi) is 6.66. The fourth-order valence-corrected chi connectivity index (χ4v) is 5.53. The summed E-state index contributed by atoms with van der Waals surface area (Å²) >= 11 is 1.44. The molecule has 1 aromatic heterocycles. The minimum absolute atomic E-state index is 0.0411. The minimum Gasteiger partial charge on any atom is -0.335 e. The summed E-state index contributed by atoms with van der Waals surface area (Å²) in [6.07, 6.45) is 0.847. The number of piperazine rings is 1. The minimum atomic E-state index is -1.03. The fourth-order valence-electron chi connectivity index (χ4n) is 4.84. The molecule has 0 bridgehead atoms. The summed E-state index contributed by atoms with van der Waals surface area (Å²) in [5, 5.41) is 4.95. The number of amides is 4. The number of imide groups is 1. The molecule has 3 heterocycles. The summed E-state index contributed by atoms with van der Waals surface area (Å²) in [7, 11) is 0. The number of carbonyl (C=O) groups is 3. The quantitative estimate of drug-likeness (QED) is 0.519. The van der Waals surface area contributed by atoms with E-state index in [1.54, 1.807) is 0 Å². The summed E-state index contributed by atoms with van der Waals surface area (Å²) < 4.78 is 0. The Balaban J connectivity index is 1.29. The molecule has 2 aromatic carbocycles. The van der Waals surface area contributed by atoms with Gasteiger partial charge in [-0.15, -0.1) is 11.3 Å². The van der Waals surface area contributed by atoms with Gasteiger partial charge in [-0.1, -0.05) is 66.7 Å². The highest BCUT2D eigenvalue weighted by molar-refractivity contribution is 7.12. The van der Waals surface area contributed by atoms with E-state index in [0.29, 0.717) is 39.0 Å². The van der Waals surface area contributed by atoms with Gasteiger partial charge in [-0.05, 0) is 22.6 Å². The zero-order chi connectivity index (χ0) is 24.3. The van der Waals surface area contributed by atoms with Crippen LogP contribution in [0.15, 0.2) is 78.2 Å². The molecule has 35 heavy (non-hydrogen) atoms. The van der Waals surface area contributed by atoms with E-state index in [2.05, 4.69) is 10.2 Å². The lowest BCUT2D eigenvalue weighted by Gasteiger charge is -2.36. The largest absolute Gasteiger partial charge is 0.335 e. The molecule has 2 aliphatic rings. The fraction of sp³-hybridized carbons (Fsp3) is 0.296. The van der Waals surface area contributed by atoms with Crippen LogP contribution in [0.3, 0.4) is 0 Å². The van der Waals surface area contributed by atoms with E-state index >= 15 is 0 Å². The molecule has 3 aromatic rings. The molecule has 7 nitrogen and oxygen atoms in total. The molecular formula is C27H28N4O3S. The van der Waals surface area contributed by atoms with Crippen LogP contribution in [-0.2, 0) is 17.6 Å². The molecular weight excluding hydrogens is 460 g/mol. The Labute approximate surface area is 209 Å². The van der Waals surface area contributed by atoms with Crippen LogP contribution >= 0.6 is 11.3 Å². The van der Waals surface area contributed by atoms with Crippen molar-refractivity contribution in [1.29, 1.82) is 0 Å². The summed E-state index contributed by atoms with van der Waals surface area (Å²) in [4.78, 5) is 45.5. The number of urea groups is 1. The second-order valence-corrected chi connectivity index (χ2v) is 10.0. The molecule has 0 spiro atoms. The van der Waals surface area contributed by atoms with Crippen LogP contribution in [0.4, 0.5) is 4.79 Å². The van der Waals surface area contributed by atoms with Crippen LogP contribution < -0.4 is 5.32 Å². The van der Waals surface area contributed by atoms with E-state index in [-0.39, 0.29) is 24.5 Å². The summed E-state index contributed by atoms with van der Waals surface area (Å²) in [5.41, 5.74) is 0.968. The number of nitrogens with one attached hydrogen (secondary N) is 1. The third kappa shape index (κ3) is 4.99. The Morgan fingerprint density at radius 1 is 0.829 bits per heavy atom. The number of hydrogen-bond donors (Lipinski definition) is 1. The Morgan fingerprint density at radius 2 is 1.43 bits per heavy atom. The van der Waals surface area contributed by atoms with E-state index in [4.69, 9.17) is 0 Å². The van der Waals surface area contributed by atoms with Crippen LogP contribution in [0.5, 0.6) is 0 Å². The first-order valence-electron chi connectivity index (χ1n) is 11.8. The van der Waals surface area contributed by atoms with Crippen molar-refractivity contribution in [2.24, 2.45) is 0 Å². The normalized spacial score (nSPS) is 18.1. The van der Waals surface area contributed by atoms with Gasteiger partial charge in [0, 0.05) is 39.0 Å². The molecule has 0 atom stereocenters. The average Bonchev–Trinajstić information content (AvgIpc) is 3.49. The van der Waals surface area contributed by atoms with Gasteiger partial charge in [-0.25, -0.2) is 9.69 Å². The van der Waals surface area contributed by atoms with Crippen LogP contribution in [0.2, 0.25) is 0 Å². The first kappa shape index (κ1) is 23.3. The average molecular weight is 489 g/mol. The highest BCUT2D eigenvalue weighted by atomic mass is 32.1. The first-order chi connectivity index (χ1) is 17.0. The van der Waals surface area contributed by atoms with E-state index in [9.17, 15) is 14.4 Å². The third-order valence-electron chi connectivity index (χ3n) is 6.68. The van der Waals surface area contributed by atoms with E-state index in [0.717, 1.165) is 16.0 Å². The van der Waals surface area contributed by atoms with Gasteiger partial charge >= 0.3 is 6.03 Å². The van der Waals surface area contributed by atoms with Crippen molar-refractivity contribution < 1.29 is 14.4 Å². The lowest BCUT2D eigenvalue weighted by atomic mass is 9.84. The summed E-state index contributed by atoms with van der Waals surface area (Å²) in [6, 6.07) is 23.0. The van der Waals surface area contributed by atoms with Crippen molar-refractivity contribution in [3.05, 3.63) is 94.2 Å². The Morgan fingerprint density at radius 3 is 1.97 bits per heavy atom. The molecule has 0 radical (unpaired) electrons. The Bertz CT molecular complexity index is 1130. The molecule has 1 N–H and O–H groups in total. The van der Waals surface area contributed by atoms with Gasteiger partial charge in [0.15, 0.2) is 0 Å². The molecule has 0 unspecified atom stereocenters. The highest BCUT2D eigenvalue weighted by Crippen LogP contribution is 2.28. The maximum Gasteiger partial charge on any atom is 0.326 e. The van der Waals surface area contributed by atoms with E-state index in [1.165, 1.54) is 16.2 Å². The van der Waals surface area contributed by atoms with Gasteiger partial charge in [0.25, 0.3) is 11.8 Å². The van der Waals surface area contributed by atoms with E-state index in [1.807, 2.05) is 83.1 Å². The molecule has 2 fully saturated rings. The molecule has 4 amide bonds. The molecule has 180 valence electrons. The van der Waals surface area contributed by atoms with Crippen molar-refractivity contribution in [1.82, 2.24) is 20.0 Å². The number of thiophene rings is 1. The van der Waals surface area contributed by atoms with Gasteiger partial charge in [0.1, 0.15) is 5.54 Å². The maximum atomic E-state index is 13.8. The number of hydrogen-bond acceptors (Lipinski definition) is 5. The topological polar surface area (TPSA) is 73.0 Å². The van der Waals surface area contributed by atoms with Crippen molar-refractivity contribution in [3.63, 3.8) is 0 Å². The molecule has 0 aliphatic carbocycles. The van der Waals surface area contributed by atoms with E-state index < -0.39 is 5.54 Å². The number of carbonyl (C=O) groups excluding carboxylic acids is 3. The van der Waals surface area contributed by atoms with Crippen LogP contribution in [-0.4, -0.2) is 70.9 Å². The number of rotatable bonds is 7. The lowest BCUT2D eigenvalue weighted by molar-refractivity contribution is -0.133. The molecule has 2 aliphatic heterocycles. The smallest absolute Gasteiger partial charge is 0.326 e. The second-order valence-electron chi connectivity index (χ2n) is 9.10. The second kappa shape index (κ2) is 10.0. The van der Waals surface area contributed by atoms with Crippen LogP contribution in [0.1, 0.15) is 20.8 Å². The predicted octanol–water partition coefficient (Wildman–Crippen LogP) is 3.24. The summed E-state index contributed by atoms with van der Waals surface area (Å²) in [5.74, 6) is -0.160. The molecule has 8 heteroatoms. The highest BCUT2D eigenvalue weighted by Gasteiger charge is 2.51. The van der Waals surface area contributed by atoms with Crippen LogP contribution in [0.25, 0.3) is 0 Å². The first-order valence-corrected chi connectivity index (χ1v) is 12.7. The van der Waals surface area contributed by atoms with Gasteiger partial charge in [-0.2, -0.15) is 0 Å². The third-order valence-corrected chi connectivity index (χ3v) is 7.53. The SMILES string of the molecule is O=C(c1cccs1)N1CCN(CN2C(=O)NC(Cc3ccccc3)(Cc3ccccc3)C2=O)CC1. The van der Waals surface area contributed by atoms with Gasteiger partial charge < -0.3 is 10.2 Å². The molecule has 2 saturated heterocycles. The van der Waals surface area contributed by atoms with Crippen molar-refractivity contribution in [3.8, 4) is 0 Å². The number of nitrogens with zero attached hydrogens (tertiary/aromatic N) is 3. The van der Waals surface area contributed by atoms with Crippen molar-refractivity contribution >= 4 is 29.2 Å². The molecule has 0 saturated carbocycles. The molecule has 5 rings (SSSR count). The lowest BCUT2D eigenvalue weighted by Crippen LogP contribution is -2.54. The van der Waals surface area contributed by atoms with Gasteiger partial charge in [-0.3, -0.25) is 14.5 Å². The Hall–Kier alpha value is -3.49. The monoisotopic (exact) mass is 488 g/mol. The van der Waals surface area contributed by atoms with Gasteiger partial charge in [0.05, 0.1) is 11.5 Å². The zero-order valence-corrected chi connectivity index (χ0v) is 20.2. The number of benzene rings is 2. The van der Waals surface area contributed by atoms with Crippen LogP contribution in [0, 0.1) is 0 Å². The predicted molar refractivity (Wildman–Crippen MR) is 135 cm³/mol. The maximum absolute atomic E-state index is 13.8. The van der Waals surface area contributed by atoms with Gasteiger partial charge in [0.2, 0.25) is 0 Å². The summed E-state index contributed by atoms with van der Waals surface area (Å²) in [6.45, 7) is 2.58. The van der Waals surface area contributed by atoms with Crippen molar-refractivity contribution in [2.75, 3.05) is 32.8 Å².